The first-order chi connectivity index (χ1) is 8.26. The predicted molar refractivity (Wildman–Crippen MR) is 75.2 cm³/mol. The molecule has 1 amide bonds. The van der Waals surface area contributed by atoms with E-state index in [0.29, 0.717) is 6.42 Å². The lowest BCUT2D eigenvalue weighted by Crippen LogP contribution is -2.35. The summed E-state index contributed by atoms with van der Waals surface area (Å²) in [4.78, 5) is 13.6. The van der Waals surface area contributed by atoms with Crippen molar-refractivity contribution < 1.29 is 9.90 Å². The Bertz CT molecular complexity index is 236. The minimum atomic E-state index is -0.0580. The fourth-order valence-electron chi connectivity index (χ4n) is 2.00. The highest BCUT2D eigenvalue weighted by Gasteiger charge is 2.19. The van der Waals surface area contributed by atoms with Gasteiger partial charge in [-0.05, 0) is 31.1 Å². The summed E-state index contributed by atoms with van der Waals surface area (Å²) in [7, 11) is 1.82. The van der Waals surface area contributed by atoms with Crippen LogP contribution in [0.3, 0.4) is 0 Å². The van der Waals surface area contributed by atoms with E-state index in [2.05, 4.69) is 20.8 Å². The van der Waals surface area contributed by atoms with Crippen molar-refractivity contribution in [2.75, 3.05) is 20.2 Å². The second-order valence-electron chi connectivity index (χ2n) is 6.33. The van der Waals surface area contributed by atoms with Gasteiger partial charge in [-0.15, -0.1) is 0 Å². The molecule has 0 saturated heterocycles. The molecular formula is C14H30N2O2. The Hall–Kier alpha value is -0.610. The summed E-state index contributed by atoms with van der Waals surface area (Å²) in [5.41, 5.74) is 6.16. The molecular weight excluding hydrogens is 228 g/mol. The first-order valence-electron chi connectivity index (χ1n) is 6.86. The fourth-order valence-corrected chi connectivity index (χ4v) is 2.00. The van der Waals surface area contributed by atoms with Gasteiger partial charge >= 0.3 is 0 Å². The fraction of sp³-hybridized carbons (Fsp3) is 0.929. The Labute approximate surface area is 112 Å². The highest BCUT2D eigenvalue weighted by atomic mass is 16.2. The third-order valence-electron chi connectivity index (χ3n) is 2.89. The van der Waals surface area contributed by atoms with E-state index >= 15 is 0 Å². The average molecular weight is 258 g/mol. The number of unbranched alkanes of at least 4 members (excludes halogenated alkanes) is 2. The number of aliphatic hydroxyl groups excluding tert-OH is 1. The zero-order valence-corrected chi connectivity index (χ0v) is 12.4. The number of carbonyl (C=O) groups is 1. The zero-order valence-electron chi connectivity index (χ0n) is 12.4. The largest absolute Gasteiger partial charge is 0.396 e. The second-order valence-corrected chi connectivity index (χ2v) is 6.33. The molecule has 0 bridgehead atoms. The molecule has 0 aromatic rings. The number of amides is 1. The van der Waals surface area contributed by atoms with E-state index in [-0.39, 0.29) is 24.0 Å². The monoisotopic (exact) mass is 258 g/mol. The van der Waals surface area contributed by atoms with Crippen molar-refractivity contribution >= 4 is 5.91 Å². The van der Waals surface area contributed by atoms with Gasteiger partial charge in [0.1, 0.15) is 0 Å². The van der Waals surface area contributed by atoms with Gasteiger partial charge in [-0.25, -0.2) is 0 Å². The molecule has 18 heavy (non-hydrogen) atoms. The highest BCUT2D eigenvalue weighted by molar-refractivity contribution is 5.76. The van der Waals surface area contributed by atoms with Crippen LogP contribution in [0.5, 0.6) is 0 Å². The highest BCUT2D eigenvalue weighted by Crippen LogP contribution is 2.21. The van der Waals surface area contributed by atoms with Crippen molar-refractivity contribution in [3.8, 4) is 0 Å². The molecule has 0 saturated carbocycles. The molecule has 0 aliphatic heterocycles. The van der Waals surface area contributed by atoms with Gasteiger partial charge in [0.25, 0.3) is 0 Å². The van der Waals surface area contributed by atoms with Crippen LogP contribution >= 0.6 is 0 Å². The predicted octanol–water partition coefficient (Wildman–Crippen LogP) is 1.76. The summed E-state index contributed by atoms with van der Waals surface area (Å²) < 4.78 is 0. The SMILES string of the molecule is CN(CCCCCO)C(=O)CC(N)CC(C)(C)C. The van der Waals surface area contributed by atoms with E-state index in [9.17, 15) is 4.79 Å². The van der Waals surface area contributed by atoms with E-state index in [1.165, 1.54) is 0 Å². The molecule has 0 aromatic carbocycles. The van der Waals surface area contributed by atoms with Crippen molar-refractivity contribution in [1.29, 1.82) is 0 Å². The quantitative estimate of drug-likeness (QED) is 0.652. The number of carbonyl (C=O) groups excluding carboxylic acids is 1. The van der Waals surface area contributed by atoms with Crippen molar-refractivity contribution in [1.82, 2.24) is 4.90 Å². The topological polar surface area (TPSA) is 66.6 Å². The van der Waals surface area contributed by atoms with Crippen molar-refractivity contribution in [2.45, 2.75) is 58.9 Å². The summed E-state index contributed by atoms with van der Waals surface area (Å²) in [6, 6.07) is -0.0580. The molecule has 1 unspecified atom stereocenters. The van der Waals surface area contributed by atoms with Gasteiger partial charge < -0.3 is 15.7 Å². The third kappa shape index (κ3) is 9.42. The number of hydrogen-bond donors (Lipinski definition) is 2. The molecule has 108 valence electrons. The molecule has 4 nitrogen and oxygen atoms in total. The van der Waals surface area contributed by atoms with E-state index in [1.807, 2.05) is 7.05 Å². The van der Waals surface area contributed by atoms with E-state index in [0.717, 1.165) is 32.2 Å². The smallest absolute Gasteiger partial charge is 0.223 e. The number of nitrogens with two attached hydrogens (primary N) is 1. The van der Waals surface area contributed by atoms with E-state index in [4.69, 9.17) is 10.8 Å². The minimum Gasteiger partial charge on any atom is -0.396 e. The van der Waals surface area contributed by atoms with Crippen LogP contribution in [-0.4, -0.2) is 42.2 Å². The Morgan fingerprint density at radius 1 is 1.28 bits per heavy atom. The van der Waals surface area contributed by atoms with Gasteiger partial charge in [0.2, 0.25) is 5.91 Å². The first kappa shape index (κ1) is 17.4. The second kappa shape index (κ2) is 8.48. The van der Waals surface area contributed by atoms with Crippen LogP contribution in [0.4, 0.5) is 0 Å². The Morgan fingerprint density at radius 3 is 2.39 bits per heavy atom. The molecule has 0 spiro atoms. The number of rotatable bonds is 8. The van der Waals surface area contributed by atoms with Gasteiger partial charge in [0.15, 0.2) is 0 Å². The number of hydrogen-bond acceptors (Lipinski definition) is 3. The lowest BCUT2D eigenvalue weighted by atomic mass is 9.87. The van der Waals surface area contributed by atoms with Gasteiger partial charge in [-0.1, -0.05) is 20.8 Å². The summed E-state index contributed by atoms with van der Waals surface area (Å²) in [6.07, 6.45) is 4.00. The molecule has 0 aliphatic carbocycles. The third-order valence-corrected chi connectivity index (χ3v) is 2.89. The number of nitrogens with zero attached hydrogens (tertiary/aromatic N) is 1. The lowest BCUT2D eigenvalue weighted by molar-refractivity contribution is -0.130. The summed E-state index contributed by atoms with van der Waals surface area (Å²) in [5, 5.41) is 8.67. The van der Waals surface area contributed by atoms with E-state index < -0.39 is 0 Å². The molecule has 3 N–H and O–H groups in total. The molecule has 0 fully saturated rings. The minimum absolute atomic E-state index is 0.0580. The lowest BCUT2D eigenvalue weighted by Gasteiger charge is -2.24. The molecule has 4 heteroatoms. The Kier molecular flexibility index (Phi) is 8.20. The normalized spacial score (nSPS) is 13.4. The van der Waals surface area contributed by atoms with Crippen LogP contribution in [-0.2, 0) is 4.79 Å². The summed E-state index contributed by atoms with van der Waals surface area (Å²) in [5.74, 6) is 0.121. The van der Waals surface area contributed by atoms with Gasteiger partial charge in [-0.2, -0.15) is 0 Å². The van der Waals surface area contributed by atoms with E-state index in [1.54, 1.807) is 4.90 Å². The molecule has 1 atom stereocenters. The van der Waals surface area contributed by atoms with Crippen LogP contribution in [0.15, 0.2) is 0 Å². The van der Waals surface area contributed by atoms with Gasteiger partial charge in [-0.3, -0.25) is 4.79 Å². The van der Waals surface area contributed by atoms with Crippen molar-refractivity contribution in [2.24, 2.45) is 11.1 Å². The molecule has 0 aromatic heterocycles. The first-order valence-corrected chi connectivity index (χ1v) is 6.86. The Balaban J connectivity index is 3.86. The molecule has 0 aliphatic rings. The van der Waals surface area contributed by atoms with Gasteiger partial charge in [0, 0.05) is 32.7 Å². The van der Waals surface area contributed by atoms with Crippen LogP contribution in [0, 0.1) is 5.41 Å². The van der Waals surface area contributed by atoms with Crippen LogP contribution in [0.1, 0.15) is 52.9 Å². The zero-order chi connectivity index (χ0) is 14.2. The Morgan fingerprint density at radius 2 is 1.89 bits per heavy atom. The molecule has 0 heterocycles. The van der Waals surface area contributed by atoms with Crippen LogP contribution < -0.4 is 5.73 Å². The van der Waals surface area contributed by atoms with Crippen LogP contribution in [0.2, 0.25) is 0 Å². The van der Waals surface area contributed by atoms with Gasteiger partial charge in [0.05, 0.1) is 0 Å². The van der Waals surface area contributed by atoms with Crippen molar-refractivity contribution in [3.63, 3.8) is 0 Å². The summed E-state index contributed by atoms with van der Waals surface area (Å²) >= 11 is 0. The standard InChI is InChI=1S/C14H30N2O2/c1-14(2,3)11-12(15)10-13(18)16(4)8-6-5-7-9-17/h12,17H,5-11,15H2,1-4H3. The molecule has 0 rings (SSSR count). The van der Waals surface area contributed by atoms with Crippen molar-refractivity contribution in [3.05, 3.63) is 0 Å². The average Bonchev–Trinajstić information content (AvgIpc) is 2.21. The number of aliphatic hydroxyl groups is 1. The van der Waals surface area contributed by atoms with Crippen LogP contribution in [0.25, 0.3) is 0 Å². The maximum absolute atomic E-state index is 11.9. The molecule has 0 radical (unpaired) electrons. The maximum Gasteiger partial charge on any atom is 0.223 e. The maximum atomic E-state index is 11.9. The summed E-state index contributed by atoms with van der Waals surface area (Å²) in [6.45, 7) is 7.39.